The Labute approximate surface area is 126 Å². The summed E-state index contributed by atoms with van der Waals surface area (Å²) in [6.07, 6.45) is 0.757. The third-order valence-corrected chi connectivity index (χ3v) is 3.56. The number of benzene rings is 1. The Balaban J connectivity index is 2.80. The van der Waals surface area contributed by atoms with Gasteiger partial charge in [0.05, 0.1) is 0 Å². The Bertz CT molecular complexity index is 403. The molecule has 2 nitrogen and oxygen atoms in total. The fourth-order valence-electron chi connectivity index (χ4n) is 1.63. The number of hydrogen-bond acceptors (Lipinski definition) is 1. The summed E-state index contributed by atoms with van der Waals surface area (Å²) in [6.45, 7) is 4.12. The van der Waals surface area contributed by atoms with Crippen molar-refractivity contribution in [2.24, 2.45) is 5.92 Å². The molecule has 0 heterocycles. The first-order valence-electron chi connectivity index (χ1n) is 5.77. The normalized spacial score (nSPS) is 12.6. The molecule has 1 rings (SSSR count). The maximum atomic E-state index is 12.1. The first kappa shape index (κ1) is 15.8. The lowest BCUT2D eigenvalue weighted by Crippen LogP contribution is -2.38. The van der Waals surface area contributed by atoms with Gasteiger partial charge in [-0.25, -0.2) is 0 Å². The van der Waals surface area contributed by atoms with Crippen LogP contribution in [0.1, 0.15) is 30.6 Å². The van der Waals surface area contributed by atoms with E-state index in [9.17, 15) is 4.79 Å². The lowest BCUT2D eigenvalue weighted by molar-refractivity contribution is 0.0925. The molecular weight excluding hydrogens is 337 g/mol. The minimum absolute atomic E-state index is 0.0766. The molecule has 1 aromatic rings. The summed E-state index contributed by atoms with van der Waals surface area (Å²) in [5.74, 6) is 0.750. The van der Waals surface area contributed by atoms with Crippen molar-refractivity contribution in [3.8, 4) is 0 Å². The fraction of sp³-hybridized carbons (Fsp3) is 0.462. The van der Waals surface area contributed by atoms with Crippen LogP contribution in [0.4, 0.5) is 0 Å². The number of hydrogen-bond donors (Lipinski definition) is 1. The first-order chi connectivity index (χ1) is 8.43. The van der Waals surface area contributed by atoms with Crippen molar-refractivity contribution in [2.45, 2.75) is 26.3 Å². The molecule has 1 unspecified atom stereocenters. The Hall–Kier alpha value is -0.250. The molecule has 0 bridgehead atoms. The van der Waals surface area contributed by atoms with Gasteiger partial charge in [-0.2, -0.15) is 0 Å². The predicted molar refractivity (Wildman–Crippen MR) is 80.6 cm³/mol. The van der Waals surface area contributed by atoms with E-state index < -0.39 is 0 Å². The lowest BCUT2D eigenvalue weighted by Gasteiger charge is -2.21. The van der Waals surface area contributed by atoms with Crippen LogP contribution in [-0.2, 0) is 0 Å². The standard InChI is InChI=1S/C13H16BrCl2NO/c1-8(2)12(3-4-15)17-13(18)9-5-10(14)7-11(16)6-9/h5-8,12H,3-4H2,1-2H3,(H,17,18). The monoisotopic (exact) mass is 351 g/mol. The van der Waals surface area contributed by atoms with E-state index in [2.05, 4.69) is 35.1 Å². The average molecular weight is 353 g/mol. The summed E-state index contributed by atoms with van der Waals surface area (Å²) in [5, 5.41) is 3.52. The molecule has 0 saturated heterocycles. The van der Waals surface area contributed by atoms with Crippen molar-refractivity contribution in [1.29, 1.82) is 0 Å². The zero-order chi connectivity index (χ0) is 13.7. The van der Waals surface area contributed by atoms with Gasteiger partial charge in [0.2, 0.25) is 0 Å². The van der Waals surface area contributed by atoms with Crippen LogP contribution in [0.15, 0.2) is 22.7 Å². The second kappa shape index (κ2) is 7.37. The number of rotatable bonds is 5. The highest BCUT2D eigenvalue weighted by molar-refractivity contribution is 9.10. The van der Waals surface area contributed by atoms with Gasteiger partial charge in [0, 0.05) is 27.0 Å². The minimum atomic E-state index is -0.123. The van der Waals surface area contributed by atoms with E-state index >= 15 is 0 Å². The van der Waals surface area contributed by atoms with E-state index in [-0.39, 0.29) is 11.9 Å². The summed E-state index contributed by atoms with van der Waals surface area (Å²) in [7, 11) is 0. The molecule has 0 fully saturated rings. The highest BCUT2D eigenvalue weighted by atomic mass is 79.9. The number of amides is 1. The van der Waals surface area contributed by atoms with Crippen LogP contribution in [0, 0.1) is 5.92 Å². The topological polar surface area (TPSA) is 29.1 Å². The highest BCUT2D eigenvalue weighted by Gasteiger charge is 2.17. The number of carbonyl (C=O) groups excluding carboxylic acids is 1. The second-order valence-corrected chi connectivity index (χ2v) is 6.19. The van der Waals surface area contributed by atoms with Crippen LogP contribution in [0.25, 0.3) is 0 Å². The molecule has 0 aliphatic rings. The van der Waals surface area contributed by atoms with Gasteiger partial charge in [-0.1, -0.05) is 41.4 Å². The molecule has 1 amide bonds. The molecule has 5 heteroatoms. The van der Waals surface area contributed by atoms with E-state index in [0.29, 0.717) is 22.4 Å². The van der Waals surface area contributed by atoms with Crippen molar-refractivity contribution >= 4 is 45.0 Å². The van der Waals surface area contributed by atoms with Gasteiger partial charge < -0.3 is 5.32 Å². The zero-order valence-corrected chi connectivity index (χ0v) is 13.4. The molecule has 1 atom stereocenters. The smallest absolute Gasteiger partial charge is 0.251 e. The SMILES string of the molecule is CC(C)C(CCCl)NC(=O)c1cc(Cl)cc(Br)c1. The summed E-state index contributed by atoms with van der Waals surface area (Å²) >= 11 is 15.0. The number of alkyl halides is 1. The van der Waals surface area contributed by atoms with Crippen molar-refractivity contribution in [3.05, 3.63) is 33.3 Å². The molecule has 0 aliphatic carbocycles. The fourth-order valence-corrected chi connectivity index (χ4v) is 2.72. The highest BCUT2D eigenvalue weighted by Crippen LogP contribution is 2.20. The molecule has 18 heavy (non-hydrogen) atoms. The van der Waals surface area contributed by atoms with Crippen molar-refractivity contribution in [2.75, 3.05) is 5.88 Å². The number of halogens is 3. The lowest BCUT2D eigenvalue weighted by atomic mass is 10.0. The van der Waals surface area contributed by atoms with Crippen LogP contribution in [-0.4, -0.2) is 17.8 Å². The van der Waals surface area contributed by atoms with E-state index in [4.69, 9.17) is 23.2 Å². The molecular formula is C13H16BrCl2NO. The van der Waals surface area contributed by atoms with Crippen molar-refractivity contribution in [1.82, 2.24) is 5.32 Å². The molecule has 1 N–H and O–H groups in total. The quantitative estimate of drug-likeness (QED) is 0.777. The Morgan fingerprint density at radius 3 is 2.56 bits per heavy atom. The third kappa shape index (κ3) is 4.79. The molecule has 0 spiro atoms. The van der Waals surface area contributed by atoms with Crippen LogP contribution in [0.3, 0.4) is 0 Å². The largest absolute Gasteiger partial charge is 0.349 e. The van der Waals surface area contributed by atoms with Crippen molar-refractivity contribution < 1.29 is 4.79 Å². The summed E-state index contributed by atoms with van der Waals surface area (Å²) in [5.41, 5.74) is 0.551. The van der Waals surface area contributed by atoms with E-state index in [1.807, 2.05) is 0 Å². The molecule has 0 radical (unpaired) electrons. The van der Waals surface area contributed by atoms with Gasteiger partial charge in [0.15, 0.2) is 0 Å². The van der Waals surface area contributed by atoms with E-state index in [1.54, 1.807) is 18.2 Å². The number of nitrogens with one attached hydrogen (secondary N) is 1. The minimum Gasteiger partial charge on any atom is -0.349 e. The van der Waals surface area contributed by atoms with Gasteiger partial charge in [-0.3, -0.25) is 4.79 Å². The summed E-state index contributed by atoms with van der Waals surface area (Å²) in [4.78, 5) is 12.1. The molecule has 0 saturated carbocycles. The maximum Gasteiger partial charge on any atom is 0.251 e. The van der Waals surface area contributed by atoms with Gasteiger partial charge in [0.25, 0.3) is 5.91 Å². The van der Waals surface area contributed by atoms with Crippen LogP contribution < -0.4 is 5.32 Å². The van der Waals surface area contributed by atoms with Crippen molar-refractivity contribution in [3.63, 3.8) is 0 Å². The second-order valence-electron chi connectivity index (χ2n) is 4.46. The van der Waals surface area contributed by atoms with Gasteiger partial charge >= 0.3 is 0 Å². The summed E-state index contributed by atoms with van der Waals surface area (Å²) in [6, 6.07) is 5.23. The molecule has 0 aliphatic heterocycles. The Morgan fingerprint density at radius 1 is 1.39 bits per heavy atom. The number of carbonyl (C=O) groups is 1. The third-order valence-electron chi connectivity index (χ3n) is 2.67. The Morgan fingerprint density at radius 2 is 2.06 bits per heavy atom. The van der Waals surface area contributed by atoms with Crippen LogP contribution in [0.5, 0.6) is 0 Å². The van der Waals surface area contributed by atoms with Gasteiger partial charge in [0.1, 0.15) is 0 Å². The average Bonchev–Trinajstić information content (AvgIpc) is 2.26. The zero-order valence-electron chi connectivity index (χ0n) is 10.3. The van der Waals surface area contributed by atoms with Crippen LogP contribution in [0.2, 0.25) is 5.02 Å². The van der Waals surface area contributed by atoms with Crippen LogP contribution >= 0.6 is 39.1 Å². The Kier molecular flexibility index (Phi) is 6.47. The first-order valence-corrected chi connectivity index (χ1v) is 7.47. The molecule has 0 aromatic heterocycles. The predicted octanol–water partition coefficient (Wildman–Crippen LogP) is 4.49. The maximum absolute atomic E-state index is 12.1. The van der Waals surface area contributed by atoms with Gasteiger partial charge in [-0.15, -0.1) is 11.6 Å². The van der Waals surface area contributed by atoms with Gasteiger partial charge in [-0.05, 0) is 30.5 Å². The molecule has 1 aromatic carbocycles. The summed E-state index contributed by atoms with van der Waals surface area (Å²) < 4.78 is 0.790. The molecule has 100 valence electrons. The van der Waals surface area contributed by atoms with E-state index in [1.165, 1.54) is 0 Å². The van der Waals surface area contributed by atoms with E-state index in [0.717, 1.165) is 10.9 Å².